The lowest BCUT2D eigenvalue weighted by atomic mass is 9.92. The molecule has 4 heteroatoms. The Labute approximate surface area is 135 Å². The van der Waals surface area contributed by atoms with Crippen LogP contribution in [0.3, 0.4) is 0 Å². The molecule has 2 aliphatic rings. The maximum Gasteiger partial charge on any atom is 0.225 e. The highest BCUT2D eigenvalue weighted by molar-refractivity contribution is 5.80. The minimum atomic E-state index is 0.144. The van der Waals surface area contributed by atoms with Crippen molar-refractivity contribution < 1.29 is 9.59 Å². The summed E-state index contributed by atoms with van der Waals surface area (Å²) in [4.78, 5) is 28.8. The van der Waals surface area contributed by atoms with Crippen molar-refractivity contribution in [3.05, 3.63) is 0 Å². The maximum absolute atomic E-state index is 12.6. The zero-order valence-electron chi connectivity index (χ0n) is 14.4. The van der Waals surface area contributed by atoms with Crippen molar-refractivity contribution in [1.29, 1.82) is 0 Å². The van der Waals surface area contributed by atoms with Crippen LogP contribution in [-0.4, -0.2) is 47.8 Å². The van der Waals surface area contributed by atoms with Gasteiger partial charge in [-0.15, -0.1) is 0 Å². The lowest BCUT2D eigenvalue weighted by Gasteiger charge is -2.37. The molecule has 0 spiro atoms. The summed E-state index contributed by atoms with van der Waals surface area (Å²) in [6.45, 7) is 7.78. The minimum Gasteiger partial charge on any atom is -0.343 e. The fourth-order valence-corrected chi connectivity index (χ4v) is 3.71. The van der Waals surface area contributed by atoms with Gasteiger partial charge in [0, 0.05) is 38.5 Å². The van der Waals surface area contributed by atoms with E-state index in [9.17, 15) is 9.59 Å². The van der Waals surface area contributed by atoms with Crippen LogP contribution in [0.4, 0.5) is 0 Å². The molecular weight excluding hydrogens is 276 g/mol. The van der Waals surface area contributed by atoms with Crippen LogP contribution in [0.2, 0.25) is 0 Å². The fraction of sp³-hybridized carbons (Fsp3) is 0.889. The highest BCUT2D eigenvalue weighted by Crippen LogP contribution is 2.24. The third-order valence-electron chi connectivity index (χ3n) is 5.16. The molecule has 2 amide bonds. The van der Waals surface area contributed by atoms with Crippen molar-refractivity contribution in [2.45, 2.75) is 65.2 Å². The third kappa shape index (κ3) is 4.72. The van der Waals surface area contributed by atoms with E-state index in [4.69, 9.17) is 0 Å². The Bertz CT molecular complexity index is 375. The standard InChI is InChI=1S/C18H32N2O2/c1-3-4-5-8-17(21)19-12-9-16(10-13-19)18(22)20-11-6-7-15(2)14-20/h15-16H,3-14H2,1-2H3. The van der Waals surface area contributed by atoms with Gasteiger partial charge in [0.1, 0.15) is 0 Å². The Balaban J connectivity index is 1.74. The predicted octanol–water partition coefficient (Wildman–Crippen LogP) is 3.06. The molecule has 22 heavy (non-hydrogen) atoms. The van der Waals surface area contributed by atoms with Gasteiger partial charge in [0.05, 0.1) is 0 Å². The van der Waals surface area contributed by atoms with Crippen LogP contribution in [0.15, 0.2) is 0 Å². The highest BCUT2D eigenvalue weighted by atomic mass is 16.2. The van der Waals surface area contributed by atoms with Crippen molar-refractivity contribution in [2.24, 2.45) is 11.8 Å². The molecule has 2 fully saturated rings. The van der Waals surface area contributed by atoms with Gasteiger partial charge in [-0.2, -0.15) is 0 Å². The Hall–Kier alpha value is -1.06. The summed E-state index contributed by atoms with van der Waals surface area (Å²) in [5.41, 5.74) is 0. The van der Waals surface area contributed by atoms with Crippen molar-refractivity contribution in [3.63, 3.8) is 0 Å². The van der Waals surface area contributed by atoms with Gasteiger partial charge in [0.25, 0.3) is 0 Å². The summed E-state index contributed by atoms with van der Waals surface area (Å²) in [5, 5.41) is 0. The number of piperidine rings is 2. The summed E-state index contributed by atoms with van der Waals surface area (Å²) < 4.78 is 0. The number of hydrogen-bond acceptors (Lipinski definition) is 2. The van der Waals surface area contributed by atoms with E-state index in [2.05, 4.69) is 18.7 Å². The van der Waals surface area contributed by atoms with Crippen molar-refractivity contribution in [1.82, 2.24) is 9.80 Å². The zero-order chi connectivity index (χ0) is 15.9. The van der Waals surface area contributed by atoms with Crippen LogP contribution in [0.25, 0.3) is 0 Å². The van der Waals surface area contributed by atoms with E-state index in [1.54, 1.807) is 0 Å². The van der Waals surface area contributed by atoms with Crippen molar-refractivity contribution in [3.8, 4) is 0 Å². The van der Waals surface area contributed by atoms with E-state index in [-0.39, 0.29) is 11.8 Å². The van der Waals surface area contributed by atoms with Crippen molar-refractivity contribution >= 4 is 11.8 Å². The summed E-state index contributed by atoms with van der Waals surface area (Å²) >= 11 is 0. The number of likely N-dealkylation sites (tertiary alicyclic amines) is 2. The Morgan fingerprint density at radius 3 is 2.36 bits per heavy atom. The number of amides is 2. The second-order valence-corrected chi connectivity index (χ2v) is 7.14. The molecule has 2 heterocycles. The molecule has 126 valence electrons. The van der Waals surface area contributed by atoms with E-state index >= 15 is 0 Å². The molecule has 0 aromatic heterocycles. The second kappa shape index (κ2) is 8.54. The third-order valence-corrected chi connectivity index (χ3v) is 5.16. The molecule has 2 aliphatic heterocycles. The predicted molar refractivity (Wildman–Crippen MR) is 88.4 cm³/mol. The smallest absolute Gasteiger partial charge is 0.225 e. The summed E-state index contributed by atoms with van der Waals surface area (Å²) in [5.74, 6) is 1.40. The highest BCUT2D eigenvalue weighted by Gasteiger charge is 2.31. The molecule has 0 bridgehead atoms. The average Bonchev–Trinajstić information content (AvgIpc) is 2.54. The number of nitrogens with zero attached hydrogens (tertiary/aromatic N) is 2. The first-order valence-electron chi connectivity index (χ1n) is 9.18. The molecule has 4 nitrogen and oxygen atoms in total. The van der Waals surface area contributed by atoms with Crippen LogP contribution in [0.1, 0.15) is 65.2 Å². The SMILES string of the molecule is CCCCCC(=O)N1CCC(C(=O)N2CCCC(C)C2)CC1. The summed E-state index contributed by atoms with van der Waals surface area (Å²) in [6.07, 6.45) is 8.05. The number of rotatable bonds is 5. The maximum atomic E-state index is 12.6. The first kappa shape index (κ1) is 17.3. The number of hydrogen-bond donors (Lipinski definition) is 0. The number of unbranched alkanes of at least 4 members (excludes halogenated alkanes) is 2. The quantitative estimate of drug-likeness (QED) is 0.732. The van der Waals surface area contributed by atoms with E-state index in [1.807, 2.05) is 4.90 Å². The molecule has 0 aromatic rings. The second-order valence-electron chi connectivity index (χ2n) is 7.14. The van der Waals surface area contributed by atoms with Crippen LogP contribution in [0, 0.1) is 11.8 Å². The van der Waals surface area contributed by atoms with Crippen LogP contribution < -0.4 is 0 Å². The van der Waals surface area contributed by atoms with Gasteiger partial charge in [0.2, 0.25) is 11.8 Å². The largest absolute Gasteiger partial charge is 0.343 e. The molecular formula is C18H32N2O2. The van der Waals surface area contributed by atoms with E-state index in [1.165, 1.54) is 6.42 Å². The molecule has 0 aliphatic carbocycles. The van der Waals surface area contributed by atoms with Gasteiger partial charge < -0.3 is 9.80 Å². The van der Waals surface area contributed by atoms with Gasteiger partial charge in [-0.05, 0) is 38.0 Å². The normalized spacial score (nSPS) is 23.6. The van der Waals surface area contributed by atoms with Crippen LogP contribution in [0.5, 0.6) is 0 Å². The molecule has 0 saturated carbocycles. The Kier molecular flexibility index (Phi) is 6.71. The van der Waals surface area contributed by atoms with Gasteiger partial charge >= 0.3 is 0 Å². The molecule has 0 aromatic carbocycles. The van der Waals surface area contributed by atoms with E-state index in [0.717, 1.165) is 64.7 Å². The average molecular weight is 308 g/mol. The van der Waals surface area contributed by atoms with Crippen LogP contribution >= 0.6 is 0 Å². The van der Waals surface area contributed by atoms with Crippen LogP contribution in [-0.2, 0) is 9.59 Å². The first-order chi connectivity index (χ1) is 10.6. The van der Waals surface area contributed by atoms with Gasteiger partial charge in [0.15, 0.2) is 0 Å². The minimum absolute atomic E-state index is 0.144. The van der Waals surface area contributed by atoms with E-state index < -0.39 is 0 Å². The first-order valence-corrected chi connectivity index (χ1v) is 9.18. The Morgan fingerprint density at radius 2 is 1.73 bits per heavy atom. The lowest BCUT2D eigenvalue weighted by molar-refractivity contribution is -0.142. The van der Waals surface area contributed by atoms with Gasteiger partial charge in [-0.3, -0.25) is 9.59 Å². The molecule has 0 radical (unpaired) electrons. The molecule has 0 N–H and O–H groups in total. The monoisotopic (exact) mass is 308 g/mol. The molecule has 2 saturated heterocycles. The fourth-order valence-electron chi connectivity index (χ4n) is 3.71. The van der Waals surface area contributed by atoms with Gasteiger partial charge in [-0.1, -0.05) is 26.7 Å². The van der Waals surface area contributed by atoms with E-state index in [0.29, 0.717) is 18.2 Å². The molecule has 1 unspecified atom stereocenters. The molecule has 2 rings (SSSR count). The Morgan fingerprint density at radius 1 is 1.00 bits per heavy atom. The topological polar surface area (TPSA) is 40.6 Å². The molecule has 1 atom stereocenters. The lowest BCUT2D eigenvalue weighted by Crippen LogP contribution is -2.46. The zero-order valence-corrected chi connectivity index (χ0v) is 14.4. The summed E-state index contributed by atoms with van der Waals surface area (Å²) in [6, 6.07) is 0. The number of carbonyl (C=O) groups excluding carboxylic acids is 2. The summed E-state index contributed by atoms with van der Waals surface area (Å²) in [7, 11) is 0. The van der Waals surface area contributed by atoms with Gasteiger partial charge in [-0.25, -0.2) is 0 Å². The number of carbonyl (C=O) groups is 2. The van der Waals surface area contributed by atoms with Crippen molar-refractivity contribution in [2.75, 3.05) is 26.2 Å².